The number of carboxylic acids is 1. The van der Waals surface area contributed by atoms with Gasteiger partial charge in [-0.3, -0.25) is 4.79 Å². The largest absolute Gasteiger partial charge is 1.00 e. The topological polar surface area (TPSA) is 46.5 Å². The standard InChI is InChI=1S/C18H15Si.C5H8O3.Li/c1-4-10-16(11-5-1)19(17-12-6-2-7-13-17)18-14-8-3-9-15-18;6-5(7)4-1-2-8-3-4;/h1-15H;4H,1-3H2,(H,6,7);/q-1;;+1. The molecule has 4 rings (SSSR count). The van der Waals surface area contributed by atoms with E-state index in [0.29, 0.717) is 19.6 Å². The molecule has 0 aliphatic carbocycles. The zero-order chi connectivity index (χ0) is 18.9. The summed E-state index contributed by atoms with van der Waals surface area (Å²) in [5.41, 5.74) is 0. The molecule has 0 amide bonds. The predicted octanol–water partition coefficient (Wildman–Crippen LogP) is -0.686. The molecule has 1 saturated heterocycles. The second kappa shape index (κ2) is 11.7. The van der Waals surface area contributed by atoms with Crippen molar-refractivity contribution in [2.75, 3.05) is 13.2 Å². The van der Waals surface area contributed by atoms with Crippen LogP contribution in [0.4, 0.5) is 0 Å². The molecule has 3 nitrogen and oxygen atoms in total. The maximum atomic E-state index is 10.1. The average Bonchev–Trinajstić information content (AvgIpc) is 3.27. The molecule has 1 unspecified atom stereocenters. The van der Waals surface area contributed by atoms with Crippen molar-refractivity contribution in [2.24, 2.45) is 5.92 Å². The van der Waals surface area contributed by atoms with Crippen LogP contribution >= 0.6 is 0 Å². The minimum atomic E-state index is -0.877. The van der Waals surface area contributed by atoms with Gasteiger partial charge in [-0.05, 0) is 6.42 Å². The Labute approximate surface area is 180 Å². The third-order valence-corrected chi connectivity index (χ3v) is 7.20. The van der Waals surface area contributed by atoms with E-state index >= 15 is 0 Å². The van der Waals surface area contributed by atoms with E-state index in [1.165, 1.54) is 15.6 Å². The number of benzene rings is 3. The van der Waals surface area contributed by atoms with Gasteiger partial charge in [0, 0.05) is 6.61 Å². The number of hydrogen-bond donors (Lipinski definition) is 1. The minimum absolute atomic E-state index is 0. The van der Waals surface area contributed by atoms with E-state index in [0.717, 1.165) is 0 Å². The molecule has 1 atom stereocenters. The third-order valence-electron chi connectivity index (χ3n) is 4.47. The number of aliphatic carboxylic acids is 1. The van der Waals surface area contributed by atoms with Crippen LogP contribution in [0.1, 0.15) is 6.42 Å². The second-order valence-electron chi connectivity index (χ2n) is 6.37. The molecule has 0 spiro atoms. The van der Waals surface area contributed by atoms with Gasteiger partial charge in [-0.15, -0.1) is 0 Å². The van der Waals surface area contributed by atoms with Crippen LogP contribution in [0.5, 0.6) is 0 Å². The summed E-state index contributed by atoms with van der Waals surface area (Å²) >= 11 is 0. The quantitative estimate of drug-likeness (QED) is 0.480. The second-order valence-corrected chi connectivity index (χ2v) is 8.85. The molecule has 3 aromatic rings. The van der Waals surface area contributed by atoms with E-state index in [2.05, 4.69) is 91.0 Å². The Morgan fingerprint density at radius 3 is 1.43 bits per heavy atom. The van der Waals surface area contributed by atoms with E-state index in [1.54, 1.807) is 0 Å². The smallest absolute Gasteiger partial charge is 0.481 e. The van der Waals surface area contributed by atoms with Gasteiger partial charge in [-0.25, -0.2) is 8.80 Å². The van der Waals surface area contributed by atoms with Gasteiger partial charge in [-0.2, -0.15) is 15.6 Å². The monoisotopic (exact) mass is 382 g/mol. The number of hydrogen-bond acceptors (Lipinski definition) is 2. The van der Waals surface area contributed by atoms with Crippen LogP contribution in [0, 0.1) is 5.92 Å². The Hall–Kier alpha value is -2.10. The number of rotatable bonds is 4. The molecule has 5 heteroatoms. The molecular formula is C23H23LiO3Si. The summed E-state index contributed by atoms with van der Waals surface area (Å²) < 4.78 is 4.84. The van der Waals surface area contributed by atoms with Crippen LogP contribution in [0.25, 0.3) is 0 Å². The first kappa shape index (κ1) is 22.2. The van der Waals surface area contributed by atoms with Crippen molar-refractivity contribution in [1.29, 1.82) is 0 Å². The fourth-order valence-electron chi connectivity index (χ4n) is 3.04. The van der Waals surface area contributed by atoms with Crippen molar-refractivity contribution < 1.29 is 33.5 Å². The van der Waals surface area contributed by atoms with Crippen LogP contribution in [0.3, 0.4) is 0 Å². The number of ether oxygens (including phenoxy) is 1. The van der Waals surface area contributed by atoms with E-state index in [-0.39, 0.29) is 24.8 Å². The van der Waals surface area contributed by atoms with Gasteiger partial charge in [0.15, 0.2) is 0 Å². The van der Waals surface area contributed by atoms with Crippen molar-refractivity contribution >= 4 is 30.3 Å². The van der Waals surface area contributed by atoms with Crippen LogP contribution in [0.2, 0.25) is 0 Å². The van der Waals surface area contributed by atoms with Crippen molar-refractivity contribution in [3.05, 3.63) is 91.0 Å². The van der Waals surface area contributed by atoms with Crippen molar-refractivity contribution in [3.63, 3.8) is 0 Å². The fraction of sp³-hybridized carbons (Fsp3) is 0.174. The van der Waals surface area contributed by atoms with Crippen LogP contribution in [0.15, 0.2) is 91.0 Å². The van der Waals surface area contributed by atoms with Gasteiger partial charge in [0.25, 0.3) is 0 Å². The van der Waals surface area contributed by atoms with Gasteiger partial charge >= 0.3 is 24.8 Å². The zero-order valence-electron chi connectivity index (χ0n) is 16.1. The van der Waals surface area contributed by atoms with Gasteiger partial charge in [0.05, 0.1) is 12.5 Å². The summed E-state index contributed by atoms with van der Waals surface area (Å²) in [6, 6.07) is 32.5. The summed E-state index contributed by atoms with van der Waals surface area (Å²) in [6.07, 6.45) is 0.676. The zero-order valence-corrected chi connectivity index (χ0v) is 17.1. The summed E-state index contributed by atoms with van der Waals surface area (Å²) in [5.74, 6) is -0.975. The van der Waals surface area contributed by atoms with Gasteiger partial charge in [-0.1, -0.05) is 91.0 Å². The first-order chi connectivity index (χ1) is 13.3. The minimum Gasteiger partial charge on any atom is -0.481 e. The Bertz CT molecular complexity index is 728. The summed E-state index contributed by atoms with van der Waals surface area (Å²) in [4.78, 5) is 10.1. The van der Waals surface area contributed by atoms with Crippen LogP contribution in [-0.4, -0.2) is 33.1 Å². The third kappa shape index (κ3) is 6.22. The van der Waals surface area contributed by atoms with Gasteiger partial charge in [0.1, 0.15) is 0 Å². The maximum Gasteiger partial charge on any atom is 1.00 e. The molecule has 28 heavy (non-hydrogen) atoms. The molecule has 1 aliphatic heterocycles. The molecule has 1 aliphatic rings. The molecule has 1 heterocycles. The molecule has 0 radical (unpaired) electrons. The maximum absolute atomic E-state index is 10.1. The molecular weight excluding hydrogens is 359 g/mol. The first-order valence-electron chi connectivity index (χ1n) is 9.09. The molecule has 0 aromatic heterocycles. The predicted molar refractivity (Wildman–Crippen MR) is 111 cm³/mol. The number of carbonyl (C=O) groups is 1. The van der Waals surface area contributed by atoms with Gasteiger partial charge in [0.2, 0.25) is 0 Å². The Morgan fingerprint density at radius 1 is 0.786 bits per heavy atom. The van der Waals surface area contributed by atoms with Crippen LogP contribution in [-0.2, 0) is 9.53 Å². The Balaban J connectivity index is 0.000000264. The summed E-state index contributed by atoms with van der Waals surface area (Å²) in [6.45, 7) is 1.01. The summed E-state index contributed by atoms with van der Waals surface area (Å²) in [5, 5.41) is 12.6. The molecule has 0 bridgehead atoms. The molecule has 1 N–H and O–H groups in total. The molecule has 138 valence electrons. The fourth-order valence-corrected chi connectivity index (χ4v) is 5.62. The summed E-state index contributed by atoms with van der Waals surface area (Å²) in [7, 11) is -0.877. The molecule has 0 saturated carbocycles. The van der Waals surface area contributed by atoms with Gasteiger partial charge < -0.3 is 9.84 Å². The van der Waals surface area contributed by atoms with Crippen molar-refractivity contribution in [3.8, 4) is 0 Å². The Morgan fingerprint density at radius 2 is 1.18 bits per heavy atom. The molecule has 3 aromatic carbocycles. The van der Waals surface area contributed by atoms with E-state index in [4.69, 9.17) is 9.84 Å². The first-order valence-corrected chi connectivity index (χ1v) is 10.6. The average molecular weight is 382 g/mol. The van der Waals surface area contributed by atoms with Crippen molar-refractivity contribution in [2.45, 2.75) is 6.42 Å². The van der Waals surface area contributed by atoms with E-state index in [1.807, 2.05) is 0 Å². The SMILES string of the molecule is O=C(O)C1CCOC1.[Li+].c1ccc([Si-](c2ccccc2)c2ccccc2)cc1. The Kier molecular flexibility index (Phi) is 9.26. The van der Waals surface area contributed by atoms with E-state index < -0.39 is 14.8 Å². The molecule has 1 fully saturated rings. The van der Waals surface area contributed by atoms with Crippen LogP contribution < -0.4 is 34.4 Å². The number of carboxylic acid groups (broad SMARTS) is 1. The normalized spacial score (nSPS) is 14.9. The van der Waals surface area contributed by atoms with E-state index in [9.17, 15) is 4.79 Å². The van der Waals surface area contributed by atoms with Crippen molar-refractivity contribution in [1.82, 2.24) is 0 Å².